The Kier molecular flexibility index (Phi) is 4.83. The number of amides is 1. The van der Waals surface area contributed by atoms with Gasteiger partial charge in [0.05, 0.1) is 12.2 Å². The molecule has 2 atom stereocenters. The van der Waals surface area contributed by atoms with Gasteiger partial charge in [0.25, 0.3) is 0 Å². The molecule has 1 N–H and O–H groups in total. The monoisotopic (exact) mass is 322 g/mol. The highest BCUT2D eigenvalue weighted by atomic mass is 19.1. The average Bonchev–Trinajstić information content (AvgIpc) is 2.49. The topological polar surface area (TPSA) is 32.3 Å². The number of fused-ring (bicyclic) bond motifs is 1. The van der Waals surface area contributed by atoms with Gasteiger partial charge in [0.2, 0.25) is 5.91 Å². The number of carbonyl (C=O) groups is 1. The van der Waals surface area contributed by atoms with Crippen molar-refractivity contribution in [1.82, 2.24) is 5.32 Å². The number of rotatable bonds is 3. The van der Waals surface area contributed by atoms with Gasteiger partial charge >= 0.3 is 0 Å². The molecule has 0 unspecified atom stereocenters. The van der Waals surface area contributed by atoms with Crippen molar-refractivity contribution in [2.45, 2.75) is 51.5 Å². The molecule has 0 aromatic heterocycles. The quantitative estimate of drug-likeness (QED) is 0.925. The molecule has 0 saturated heterocycles. The summed E-state index contributed by atoms with van der Waals surface area (Å²) in [5.74, 6) is -0.699. The fourth-order valence-electron chi connectivity index (χ4n) is 3.85. The van der Waals surface area contributed by atoms with Crippen LogP contribution in [0.4, 0.5) is 14.5 Å². The molecule has 3 nitrogen and oxygen atoms in total. The molecule has 1 aliphatic heterocycles. The fraction of sp³-hybridized carbons (Fsp3) is 0.611. The number of carbonyl (C=O) groups excluding carboxylic acids is 1. The molecule has 1 aromatic carbocycles. The second-order valence-electron chi connectivity index (χ2n) is 6.86. The van der Waals surface area contributed by atoms with Crippen LogP contribution in [0.25, 0.3) is 0 Å². The van der Waals surface area contributed by atoms with Gasteiger partial charge in [-0.05, 0) is 43.2 Å². The van der Waals surface area contributed by atoms with Crippen molar-refractivity contribution in [1.29, 1.82) is 0 Å². The summed E-state index contributed by atoms with van der Waals surface area (Å²) in [6.45, 7) is 2.94. The van der Waals surface area contributed by atoms with Gasteiger partial charge in [-0.1, -0.05) is 19.8 Å². The summed E-state index contributed by atoms with van der Waals surface area (Å²) >= 11 is 0. The molecule has 2 aliphatic rings. The van der Waals surface area contributed by atoms with E-state index in [0.29, 0.717) is 30.1 Å². The summed E-state index contributed by atoms with van der Waals surface area (Å²) in [4.78, 5) is 14.1. The maximum Gasteiger partial charge on any atom is 0.239 e. The number of nitrogens with one attached hydrogen (secondary N) is 1. The average molecular weight is 322 g/mol. The van der Waals surface area contributed by atoms with Gasteiger partial charge in [-0.2, -0.15) is 0 Å². The molecule has 1 amide bonds. The van der Waals surface area contributed by atoms with Crippen molar-refractivity contribution >= 4 is 11.6 Å². The van der Waals surface area contributed by atoms with Crippen molar-refractivity contribution in [2.24, 2.45) is 5.92 Å². The van der Waals surface area contributed by atoms with Crippen molar-refractivity contribution in [2.75, 3.05) is 18.0 Å². The van der Waals surface area contributed by atoms with Crippen LogP contribution in [0.3, 0.4) is 0 Å². The van der Waals surface area contributed by atoms with Crippen molar-refractivity contribution in [3.8, 4) is 0 Å². The zero-order valence-corrected chi connectivity index (χ0v) is 13.6. The van der Waals surface area contributed by atoms with E-state index in [9.17, 15) is 13.6 Å². The van der Waals surface area contributed by atoms with Crippen LogP contribution in [0.2, 0.25) is 0 Å². The Labute approximate surface area is 136 Å². The summed E-state index contributed by atoms with van der Waals surface area (Å²) in [7, 11) is 0. The highest BCUT2D eigenvalue weighted by Crippen LogP contribution is 2.31. The molecule has 0 spiro atoms. The molecule has 1 aromatic rings. The maximum absolute atomic E-state index is 14.1. The minimum absolute atomic E-state index is 0.0691. The van der Waals surface area contributed by atoms with Crippen LogP contribution in [0.5, 0.6) is 0 Å². The van der Waals surface area contributed by atoms with Gasteiger partial charge in [-0.25, -0.2) is 8.78 Å². The first-order valence-electron chi connectivity index (χ1n) is 8.57. The molecule has 3 rings (SSSR count). The first-order chi connectivity index (χ1) is 11.0. The largest absolute Gasteiger partial charge is 0.360 e. The highest BCUT2D eigenvalue weighted by Gasteiger charge is 2.26. The van der Waals surface area contributed by atoms with E-state index < -0.39 is 11.6 Å². The summed E-state index contributed by atoms with van der Waals surface area (Å²) in [6, 6.07) is 2.50. The Balaban J connectivity index is 1.68. The minimum atomic E-state index is -0.571. The molecule has 126 valence electrons. The molecule has 0 radical (unpaired) electrons. The Morgan fingerprint density at radius 2 is 2.04 bits per heavy atom. The Bertz CT molecular complexity index is 591. The molecule has 1 fully saturated rings. The number of hydrogen-bond acceptors (Lipinski definition) is 2. The van der Waals surface area contributed by atoms with Gasteiger partial charge < -0.3 is 10.2 Å². The second kappa shape index (κ2) is 6.85. The lowest BCUT2D eigenvalue weighted by Gasteiger charge is -2.33. The SMILES string of the molecule is C[C@@H]1CCCC[C@@H]1NC(=O)CN1CCCc2cc(F)cc(F)c21. The summed E-state index contributed by atoms with van der Waals surface area (Å²) < 4.78 is 27.5. The molecular formula is C18H24F2N2O. The summed E-state index contributed by atoms with van der Waals surface area (Å²) in [5.41, 5.74) is 1.05. The standard InChI is InChI=1S/C18H24F2N2O/c1-12-5-2-3-7-16(12)21-17(23)11-22-8-4-6-13-9-14(19)10-15(20)18(13)22/h9-10,12,16H,2-8,11H2,1H3,(H,21,23)/t12-,16+/m1/s1. The molecule has 1 heterocycles. The van der Waals surface area contributed by atoms with Crippen LogP contribution in [-0.4, -0.2) is 25.0 Å². The van der Waals surface area contributed by atoms with Gasteiger partial charge in [-0.3, -0.25) is 4.79 Å². The smallest absolute Gasteiger partial charge is 0.239 e. The Hall–Kier alpha value is -1.65. The zero-order valence-electron chi connectivity index (χ0n) is 13.6. The lowest BCUT2D eigenvalue weighted by molar-refractivity contribution is -0.121. The lowest BCUT2D eigenvalue weighted by atomic mass is 9.86. The van der Waals surface area contributed by atoms with E-state index in [-0.39, 0.29) is 18.5 Å². The third kappa shape index (κ3) is 3.65. The Morgan fingerprint density at radius 3 is 2.83 bits per heavy atom. The van der Waals surface area contributed by atoms with Crippen molar-refractivity contribution in [3.63, 3.8) is 0 Å². The van der Waals surface area contributed by atoms with Gasteiger partial charge in [-0.15, -0.1) is 0 Å². The first-order valence-corrected chi connectivity index (χ1v) is 8.57. The summed E-state index contributed by atoms with van der Waals surface area (Å²) in [6.07, 6.45) is 6.00. The molecule has 23 heavy (non-hydrogen) atoms. The van der Waals surface area contributed by atoms with Crippen LogP contribution >= 0.6 is 0 Å². The third-order valence-electron chi connectivity index (χ3n) is 5.09. The number of anilines is 1. The number of halogens is 2. The van der Waals surface area contributed by atoms with E-state index in [2.05, 4.69) is 12.2 Å². The molecule has 1 saturated carbocycles. The lowest BCUT2D eigenvalue weighted by Crippen LogP contribution is -2.46. The maximum atomic E-state index is 14.1. The number of nitrogens with zero attached hydrogens (tertiary/aromatic N) is 1. The van der Waals surface area contributed by atoms with Crippen LogP contribution in [-0.2, 0) is 11.2 Å². The number of hydrogen-bond donors (Lipinski definition) is 1. The molecule has 1 aliphatic carbocycles. The predicted molar refractivity (Wildman–Crippen MR) is 86.5 cm³/mol. The molecule has 5 heteroatoms. The van der Waals surface area contributed by atoms with Crippen LogP contribution in [0.1, 0.15) is 44.6 Å². The second-order valence-corrected chi connectivity index (χ2v) is 6.86. The fourth-order valence-corrected chi connectivity index (χ4v) is 3.85. The van der Waals surface area contributed by atoms with Crippen molar-refractivity contribution < 1.29 is 13.6 Å². The molecular weight excluding hydrogens is 298 g/mol. The summed E-state index contributed by atoms with van der Waals surface area (Å²) in [5, 5.41) is 3.10. The minimum Gasteiger partial charge on any atom is -0.360 e. The third-order valence-corrected chi connectivity index (χ3v) is 5.09. The predicted octanol–water partition coefficient (Wildman–Crippen LogP) is 3.41. The zero-order chi connectivity index (χ0) is 16.4. The normalized spacial score (nSPS) is 24.2. The van der Waals surface area contributed by atoms with E-state index in [1.54, 1.807) is 4.90 Å². The number of aryl methyl sites for hydroxylation is 1. The van der Waals surface area contributed by atoms with Crippen LogP contribution in [0, 0.1) is 17.6 Å². The van der Waals surface area contributed by atoms with Crippen molar-refractivity contribution in [3.05, 3.63) is 29.3 Å². The van der Waals surface area contributed by atoms with Gasteiger partial charge in [0, 0.05) is 18.7 Å². The number of benzene rings is 1. The highest BCUT2D eigenvalue weighted by molar-refractivity contribution is 5.82. The van der Waals surface area contributed by atoms with E-state index in [1.165, 1.54) is 12.5 Å². The van der Waals surface area contributed by atoms with E-state index >= 15 is 0 Å². The van der Waals surface area contributed by atoms with E-state index in [1.807, 2.05) is 0 Å². The van der Waals surface area contributed by atoms with Gasteiger partial charge in [0.1, 0.15) is 11.6 Å². The van der Waals surface area contributed by atoms with Gasteiger partial charge in [0.15, 0.2) is 0 Å². The van der Waals surface area contributed by atoms with E-state index in [0.717, 1.165) is 31.7 Å². The Morgan fingerprint density at radius 1 is 1.26 bits per heavy atom. The molecule has 0 bridgehead atoms. The van der Waals surface area contributed by atoms with Crippen LogP contribution in [0.15, 0.2) is 12.1 Å². The van der Waals surface area contributed by atoms with E-state index in [4.69, 9.17) is 0 Å². The first kappa shape index (κ1) is 16.2. The van der Waals surface area contributed by atoms with Crippen LogP contribution < -0.4 is 10.2 Å².